The Morgan fingerprint density at radius 3 is 2.83 bits per heavy atom. The maximum Gasteiger partial charge on any atom is 0.108 e. The van der Waals surface area contributed by atoms with E-state index in [0.29, 0.717) is 12.1 Å². The number of aliphatic hydroxyl groups excluding tert-OH is 2. The van der Waals surface area contributed by atoms with E-state index in [-0.39, 0.29) is 0 Å². The normalized spacial score (nSPS) is 15.9. The van der Waals surface area contributed by atoms with Crippen LogP contribution in [0.15, 0.2) is 18.5 Å². The van der Waals surface area contributed by atoms with Gasteiger partial charge in [-0.05, 0) is 13.1 Å². The van der Waals surface area contributed by atoms with Gasteiger partial charge in [-0.1, -0.05) is 0 Å². The predicted molar refractivity (Wildman–Crippen MR) is 45.7 cm³/mol. The highest BCUT2D eigenvalue weighted by atomic mass is 16.3. The summed E-state index contributed by atoms with van der Waals surface area (Å²) in [4.78, 5) is 2.82. The van der Waals surface area contributed by atoms with Crippen LogP contribution in [-0.2, 0) is 0 Å². The monoisotopic (exact) mass is 170 g/mol. The molecular weight excluding hydrogens is 156 g/mol. The van der Waals surface area contributed by atoms with Gasteiger partial charge in [-0.25, -0.2) is 0 Å². The third kappa shape index (κ3) is 2.07. The van der Waals surface area contributed by atoms with Gasteiger partial charge in [0, 0.05) is 24.5 Å². The Morgan fingerprint density at radius 2 is 2.33 bits per heavy atom. The highest BCUT2D eigenvalue weighted by molar-refractivity contribution is 5.13. The molecule has 0 aliphatic heterocycles. The van der Waals surface area contributed by atoms with E-state index >= 15 is 0 Å². The molecule has 0 saturated heterocycles. The minimum atomic E-state index is -0.816. The Bertz CT molecular complexity index is 211. The smallest absolute Gasteiger partial charge is 0.108 e. The van der Waals surface area contributed by atoms with E-state index in [4.69, 9.17) is 0 Å². The zero-order valence-corrected chi connectivity index (χ0v) is 6.99. The molecule has 1 aromatic rings. The summed E-state index contributed by atoms with van der Waals surface area (Å²) in [5, 5.41) is 21.7. The van der Waals surface area contributed by atoms with E-state index < -0.39 is 12.2 Å². The second-order valence-electron chi connectivity index (χ2n) is 2.71. The van der Waals surface area contributed by atoms with Gasteiger partial charge >= 0.3 is 0 Å². The molecule has 0 aromatic carbocycles. The molecule has 0 saturated carbocycles. The van der Waals surface area contributed by atoms with Crippen molar-refractivity contribution in [3.63, 3.8) is 0 Å². The minimum Gasteiger partial charge on any atom is -0.389 e. The van der Waals surface area contributed by atoms with Crippen molar-refractivity contribution >= 4 is 0 Å². The van der Waals surface area contributed by atoms with Crippen LogP contribution in [0.1, 0.15) is 11.7 Å². The van der Waals surface area contributed by atoms with E-state index in [1.54, 1.807) is 25.5 Å². The largest absolute Gasteiger partial charge is 0.389 e. The van der Waals surface area contributed by atoms with Gasteiger partial charge in [-0.2, -0.15) is 0 Å². The molecule has 4 nitrogen and oxygen atoms in total. The van der Waals surface area contributed by atoms with Crippen LogP contribution in [0.3, 0.4) is 0 Å². The summed E-state index contributed by atoms with van der Waals surface area (Å²) >= 11 is 0. The lowest BCUT2D eigenvalue weighted by Crippen LogP contribution is -2.29. The van der Waals surface area contributed by atoms with Crippen molar-refractivity contribution in [1.29, 1.82) is 0 Å². The van der Waals surface area contributed by atoms with E-state index in [2.05, 4.69) is 10.3 Å². The zero-order chi connectivity index (χ0) is 8.97. The molecule has 0 fully saturated rings. The van der Waals surface area contributed by atoms with Crippen LogP contribution >= 0.6 is 0 Å². The Hall–Kier alpha value is -0.840. The van der Waals surface area contributed by atoms with Crippen molar-refractivity contribution in [2.75, 3.05) is 13.6 Å². The number of nitrogens with one attached hydrogen (secondary N) is 2. The Morgan fingerprint density at radius 1 is 1.58 bits per heavy atom. The standard InChI is InChI=1S/C8H14N2O2/c1-9-5-7(11)8(12)6-2-3-10-4-6/h2-4,7-12H,5H2,1H3. The molecule has 0 amide bonds. The van der Waals surface area contributed by atoms with Crippen LogP contribution in [0, 0.1) is 0 Å². The fourth-order valence-corrected chi connectivity index (χ4v) is 1.06. The number of hydrogen-bond donors (Lipinski definition) is 4. The van der Waals surface area contributed by atoms with Gasteiger partial charge < -0.3 is 20.5 Å². The molecule has 0 radical (unpaired) electrons. The summed E-state index contributed by atoms with van der Waals surface area (Å²) in [6.45, 7) is 0.381. The highest BCUT2D eigenvalue weighted by Gasteiger charge is 2.17. The second-order valence-corrected chi connectivity index (χ2v) is 2.71. The number of H-pyrrole nitrogens is 1. The van der Waals surface area contributed by atoms with Crippen LogP contribution < -0.4 is 5.32 Å². The third-order valence-corrected chi connectivity index (χ3v) is 1.74. The minimum absolute atomic E-state index is 0.381. The maximum atomic E-state index is 9.50. The maximum absolute atomic E-state index is 9.50. The number of hydrogen-bond acceptors (Lipinski definition) is 3. The summed E-state index contributed by atoms with van der Waals surface area (Å²) in [5.41, 5.74) is 0.706. The molecule has 0 aliphatic carbocycles. The molecule has 2 atom stereocenters. The summed E-state index contributed by atoms with van der Waals surface area (Å²) in [7, 11) is 1.73. The van der Waals surface area contributed by atoms with Gasteiger partial charge in [0.1, 0.15) is 6.10 Å². The van der Waals surface area contributed by atoms with Crippen molar-refractivity contribution < 1.29 is 10.2 Å². The SMILES string of the molecule is CNCC(O)C(O)c1cc[nH]c1. The molecule has 1 aromatic heterocycles. The van der Waals surface area contributed by atoms with Gasteiger partial charge in [-0.3, -0.25) is 0 Å². The summed E-state index contributed by atoms with van der Waals surface area (Å²) in [6, 6.07) is 1.74. The van der Waals surface area contributed by atoms with Gasteiger partial charge in [0.2, 0.25) is 0 Å². The Kier molecular flexibility index (Phi) is 3.28. The third-order valence-electron chi connectivity index (χ3n) is 1.74. The fraction of sp³-hybridized carbons (Fsp3) is 0.500. The first-order chi connectivity index (χ1) is 5.75. The summed E-state index contributed by atoms with van der Waals surface area (Å²) in [6.07, 6.45) is 1.81. The lowest BCUT2D eigenvalue weighted by atomic mass is 10.1. The zero-order valence-electron chi connectivity index (χ0n) is 6.99. The van der Waals surface area contributed by atoms with Crippen molar-refractivity contribution in [3.05, 3.63) is 24.0 Å². The quantitative estimate of drug-likeness (QED) is 0.498. The lowest BCUT2D eigenvalue weighted by molar-refractivity contribution is 0.0203. The van der Waals surface area contributed by atoms with Gasteiger partial charge in [0.25, 0.3) is 0 Å². The molecule has 1 heterocycles. The summed E-state index contributed by atoms with van der Waals surface area (Å²) in [5.74, 6) is 0. The number of aliphatic hydroxyl groups is 2. The first kappa shape index (κ1) is 9.25. The van der Waals surface area contributed by atoms with Crippen LogP contribution in [0.4, 0.5) is 0 Å². The average molecular weight is 170 g/mol. The lowest BCUT2D eigenvalue weighted by Gasteiger charge is -2.15. The fourth-order valence-electron chi connectivity index (χ4n) is 1.06. The van der Waals surface area contributed by atoms with Gasteiger partial charge in [0.05, 0.1) is 6.10 Å². The second kappa shape index (κ2) is 4.25. The predicted octanol–water partition coefficient (Wildman–Crippen LogP) is -0.372. The van der Waals surface area contributed by atoms with Gasteiger partial charge in [0.15, 0.2) is 0 Å². The molecule has 12 heavy (non-hydrogen) atoms. The molecular formula is C8H14N2O2. The van der Waals surface area contributed by atoms with Crippen LogP contribution in [0.5, 0.6) is 0 Å². The molecule has 0 spiro atoms. The van der Waals surface area contributed by atoms with E-state index in [1.807, 2.05) is 0 Å². The molecule has 0 bridgehead atoms. The topological polar surface area (TPSA) is 68.3 Å². The van der Waals surface area contributed by atoms with Crippen LogP contribution in [-0.4, -0.2) is 34.9 Å². The number of rotatable bonds is 4. The van der Waals surface area contributed by atoms with E-state index in [0.717, 1.165) is 0 Å². The highest BCUT2D eigenvalue weighted by Crippen LogP contribution is 2.14. The Labute approximate surface area is 71.2 Å². The molecule has 4 heteroatoms. The first-order valence-electron chi connectivity index (χ1n) is 3.89. The van der Waals surface area contributed by atoms with Crippen molar-refractivity contribution in [2.45, 2.75) is 12.2 Å². The van der Waals surface area contributed by atoms with Gasteiger partial charge in [-0.15, -0.1) is 0 Å². The molecule has 4 N–H and O–H groups in total. The molecule has 68 valence electrons. The average Bonchev–Trinajstić information content (AvgIpc) is 2.55. The Balaban J connectivity index is 2.53. The number of aromatic amines is 1. The summed E-state index contributed by atoms with van der Waals surface area (Å²) < 4.78 is 0. The van der Waals surface area contributed by atoms with Crippen molar-refractivity contribution in [2.24, 2.45) is 0 Å². The van der Waals surface area contributed by atoms with E-state index in [1.165, 1.54) is 0 Å². The number of aromatic nitrogens is 1. The first-order valence-corrected chi connectivity index (χ1v) is 3.89. The van der Waals surface area contributed by atoms with Crippen LogP contribution in [0.2, 0.25) is 0 Å². The van der Waals surface area contributed by atoms with Crippen LogP contribution in [0.25, 0.3) is 0 Å². The molecule has 1 rings (SSSR count). The molecule has 2 unspecified atom stereocenters. The number of likely N-dealkylation sites (N-methyl/N-ethyl adjacent to an activating group) is 1. The molecule has 0 aliphatic rings. The van der Waals surface area contributed by atoms with Crippen molar-refractivity contribution in [1.82, 2.24) is 10.3 Å². The van der Waals surface area contributed by atoms with E-state index in [9.17, 15) is 10.2 Å². The van der Waals surface area contributed by atoms with Crippen molar-refractivity contribution in [3.8, 4) is 0 Å².